The van der Waals surface area contributed by atoms with Crippen LogP contribution in [-0.4, -0.2) is 24.4 Å². The molecular formula is C10H7F6NO4. The number of alkyl halides is 6. The maximum atomic E-state index is 12.7. The van der Waals surface area contributed by atoms with E-state index in [2.05, 4.69) is 9.47 Å². The lowest BCUT2D eigenvalue weighted by Gasteiger charge is -2.14. The number of pyridine rings is 1. The molecule has 0 aliphatic rings. The molecule has 1 N–H and O–H groups in total. The Morgan fingerprint density at radius 3 is 2.24 bits per heavy atom. The van der Waals surface area contributed by atoms with E-state index < -0.39 is 47.5 Å². The van der Waals surface area contributed by atoms with Gasteiger partial charge in [-0.05, 0) is 11.6 Å². The zero-order valence-electron chi connectivity index (χ0n) is 10.2. The first-order valence-corrected chi connectivity index (χ1v) is 5.10. The van der Waals surface area contributed by atoms with Crippen molar-refractivity contribution >= 4 is 5.97 Å². The van der Waals surface area contributed by atoms with E-state index in [4.69, 9.17) is 0 Å². The first kappa shape index (κ1) is 16.9. The van der Waals surface area contributed by atoms with Crippen LogP contribution in [0.1, 0.15) is 11.3 Å². The van der Waals surface area contributed by atoms with Gasteiger partial charge in [0.1, 0.15) is 5.69 Å². The van der Waals surface area contributed by atoms with Gasteiger partial charge < -0.3 is 14.5 Å². The predicted molar refractivity (Wildman–Crippen MR) is 54.5 cm³/mol. The second-order valence-electron chi connectivity index (χ2n) is 3.66. The van der Waals surface area contributed by atoms with Gasteiger partial charge in [-0.2, -0.15) is 13.2 Å². The summed E-state index contributed by atoms with van der Waals surface area (Å²) >= 11 is 0. The number of aromatic amines is 1. The monoisotopic (exact) mass is 319 g/mol. The normalized spacial score (nSPS) is 12.1. The van der Waals surface area contributed by atoms with Crippen molar-refractivity contribution in [2.75, 3.05) is 7.11 Å². The van der Waals surface area contributed by atoms with Gasteiger partial charge in [0.05, 0.1) is 13.5 Å². The molecule has 0 spiro atoms. The van der Waals surface area contributed by atoms with E-state index in [-0.39, 0.29) is 6.07 Å². The molecule has 118 valence electrons. The molecule has 0 aliphatic heterocycles. The summed E-state index contributed by atoms with van der Waals surface area (Å²) in [6.07, 6.45) is -11.3. The summed E-state index contributed by atoms with van der Waals surface area (Å²) in [5, 5.41) is 0. The summed E-state index contributed by atoms with van der Waals surface area (Å²) < 4.78 is 81.5. The van der Waals surface area contributed by atoms with E-state index in [1.54, 1.807) is 0 Å². The molecule has 0 bridgehead atoms. The highest BCUT2D eigenvalue weighted by Gasteiger charge is 2.38. The van der Waals surface area contributed by atoms with E-state index in [1.807, 2.05) is 0 Å². The van der Waals surface area contributed by atoms with Crippen LogP contribution in [-0.2, 0) is 22.1 Å². The van der Waals surface area contributed by atoms with Crippen molar-refractivity contribution in [1.29, 1.82) is 0 Å². The highest BCUT2D eigenvalue weighted by molar-refractivity contribution is 5.73. The van der Waals surface area contributed by atoms with Crippen LogP contribution in [0.2, 0.25) is 0 Å². The molecule has 1 aromatic heterocycles. The van der Waals surface area contributed by atoms with Crippen LogP contribution in [0.4, 0.5) is 26.3 Å². The van der Waals surface area contributed by atoms with E-state index in [0.29, 0.717) is 0 Å². The summed E-state index contributed by atoms with van der Waals surface area (Å²) in [6, 6.07) is 0.200. The highest BCUT2D eigenvalue weighted by Crippen LogP contribution is 2.32. The maximum Gasteiger partial charge on any atom is 0.573 e. The average Bonchev–Trinajstić information content (AvgIpc) is 2.29. The smallest absolute Gasteiger partial charge is 0.469 e. The van der Waals surface area contributed by atoms with Crippen LogP contribution in [0.3, 0.4) is 0 Å². The number of rotatable bonds is 3. The largest absolute Gasteiger partial charge is 0.573 e. The van der Waals surface area contributed by atoms with Crippen molar-refractivity contribution in [2.24, 2.45) is 0 Å². The van der Waals surface area contributed by atoms with Crippen molar-refractivity contribution in [2.45, 2.75) is 19.0 Å². The fourth-order valence-electron chi connectivity index (χ4n) is 1.37. The standard InChI is InChI=1S/C10H7F6NO4/c1-20-6(18)3-4-2-5(21-10(14,15)16)8(19)17-7(4)9(11,12)13/h2H,3H2,1H3,(H,17,19). The molecule has 1 rings (SSSR count). The van der Waals surface area contributed by atoms with Gasteiger partial charge in [0, 0.05) is 0 Å². The van der Waals surface area contributed by atoms with Crippen molar-refractivity contribution in [3.05, 3.63) is 27.7 Å². The minimum Gasteiger partial charge on any atom is -0.469 e. The number of esters is 1. The summed E-state index contributed by atoms with van der Waals surface area (Å²) in [5.74, 6) is -2.54. The molecule has 0 atom stereocenters. The van der Waals surface area contributed by atoms with Crippen LogP contribution in [0, 0.1) is 0 Å². The second-order valence-corrected chi connectivity index (χ2v) is 3.66. The van der Waals surface area contributed by atoms with E-state index >= 15 is 0 Å². The summed E-state index contributed by atoms with van der Waals surface area (Å²) in [4.78, 5) is 23.4. The fraction of sp³-hybridized carbons (Fsp3) is 0.400. The molecule has 0 aromatic carbocycles. The summed E-state index contributed by atoms with van der Waals surface area (Å²) in [7, 11) is 0.883. The van der Waals surface area contributed by atoms with Crippen LogP contribution in [0.25, 0.3) is 0 Å². The van der Waals surface area contributed by atoms with E-state index in [1.165, 1.54) is 4.98 Å². The van der Waals surface area contributed by atoms with Crippen LogP contribution >= 0.6 is 0 Å². The number of nitrogens with one attached hydrogen (secondary N) is 1. The third-order valence-electron chi connectivity index (χ3n) is 2.16. The minimum absolute atomic E-state index is 0.200. The fourth-order valence-corrected chi connectivity index (χ4v) is 1.37. The molecule has 0 saturated heterocycles. The van der Waals surface area contributed by atoms with Crippen molar-refractivity contribution in [3.8, 4) is 5.75 Å². The van der Waals surface area contributed by atoms with Crippen molar-refractivity contribution in [1.82, 2.24) is 4.98 Å². The van der Waals surface area contributed by atoms with E-state index in [9.17, 15) is 35.9 Å². The number of carbonyl (C=O) groups is 1. The molecule has 0 fully saturated rings. The number of carbonyl (C=O) groups excluding carboxylic acids is 1. The van der Waals surface area contributed by atoms with Gasteiger partial charge >= 0.3 is 18.5 Å². The van der Waals surface area contributed by atoms with Gasteiger partial charge in [-0.25, -0.2) is 0 Å². The average molecular weight is 319 g/mol. The van der Waals surface area contributed by atoms with E-state index in [0.717, 1.165) is 7.11 Å². The highest BCUT2D eigenvalue weighted by atomic mass is 19.4. The number of aromatic nitrogens is 1. The Labute approximate surface area is 112 Å². The van der Waals surface area contributed by atoms with Crippen LogP contribution in [0.15, 0.2) is 10.9 Å². The lowest BCUT2D eigenvalue weighted by atomic mass is 10.1. The first-order valence-electron chi connectivity index (χ1n) is 5.10. The Hall–Kier alpha value is -2.20. The zero-order valence-corrected chi connectivity index (χ0v) is 10.2. The molecule has 21 heavy (non-hydrogen) atoms. The number of methoxy groups -OCH3 is 1. The number of hydrogen-bond acceptors (Lipinski definition) is 4. The number of H-pyrrole nitrogens is 1. The van der Waals surface area contributed by atoms with Gasteiger partial charge in [0.2, 0.25) is 0 Å². The van der Waals surface area contributed by atoms with Crippen molar-refractivity contribution in [3.63, 3.8) is 0 Å². The van der Waals surface area contributed by atoms with Gasteiger partial charge in [0.15, 0.2) is 5.75 Å². The summed E-state index contributed by atoms with van der Waals surface area (Å²) in [5.41, 5.74) is -4.28. The Morgan fingerprint density at radius 1 is 1.24 bits per heavy atom. The number of halogens is 6. The molecule has 1 heterocycles. The van der Waals surface area contributed by atoms with Crippen LogP contribution in [0.5, 0.6) is 5.75 Å². The molecular weight excluding hydrogens is 312 g/mol. The van der Waals surface area contributed by atoms with Gasteiger partial charge in [-0.15, -0.1) is 13.2 Å². The molecule has 0 saturated carbocycles. The van der Waals surface area contributed by atoms with Crippen molar-refractivity contribution < 1.29 is 40.6 Å². The third kappa shape index (κ3) is 4.68. The third-order valence-corrected chi connectivity index (χ3v) is 2.16. The van der Waals surface area contributed by atoms with Gasteiger partial charge in [-0.1, -0.05) is 0 Å². The van der Waals surface area contributed by atoms with Gasteiger partial charge in [0.25, 0.3) is 5.56 Å². The Morgan fingerprint density at radius 2 is 1.81 bits per heavy atom. The first-order chi connectivity index (χ1) is 9.44. The lowest BCUT2D eigenvalue weighted by molar-refractivity contribution is -0.275. The minimum atomic E-state index is -5.27. The maximum absolute atomic E-state index is 12.7. The Bertz CT molecular complexity index is 589. The molecule has 0 unspecified atom stereocenters. The predicted octanol–water partition coefficient (Wildman–Crippen LogP) is 2.01. The Kier molecular flexibility index (Phi) is 4.54. The number of ether oxygens (including phenoxy) is 2. The Balaban J connectivity index is 3.38. The quantitative estimate of drug-likeness (QED) is 0.683. The molecule has 0 amide bonds. The van der Waals surface area contributed by atoms with Crippen LogP contribution < -0.4 is 10.3 Å². The molecule has 11 heteroatoms. The molecule has 0 radical (unpaired) electrons. The molecule has 5 nitrogen and oxygen atoms in total. The topological polar surface area (TPSA) is 68.4 Å². The lowest BCUT2D eigenvalue weighted by Crippen LogP contribution is -2.26. The second kappa shape index (κ2) is 5.66. The number of hydrogen-bond donors (Lipinski definition) is 1. The SMILES string of the molecule is COC(=O)Cc1cc(OC(F)(F)F)c(=O)[nH]c1C(F)(F)F. The molecule has 1 aromatic rings. The zero-order chi connectivity index (χ0) is 16.4. The van der Waals surface area contributed by atoms with Gasteiger partial charge in [-0.3, -0.25) is 9.59 Å². The molecule has 0 aliphatic carbocycles. The summed E-state index contributed by atoms with van der Waals surface area (Å²) in [6.45, 7) is 0.